The lowest BCUT2D eigenvalue weighted by Crippen LogP contribution is -1.98. The quantitative estimate of drug-likeness (QED) is 0.682. The molecule has 0 radical (unpaired) electrons. The van der Waals surface area contributed by atoms with Crippen LogP contribution in [0, 0.1) is 0 Å². The van der Waals surface area contributed by atoms with E-state index in [9.17, 15) is 8.42 Å². The highest BCUT2D eigenvalue weighted by Crippen LogP contribution is 2.24. The summed E-state index contributed by atoms with van der Waals surface area (Å²) < 4.78 is 29.7. The first kappa shape index (κ1) is 9.31. The van der Waals surface area contributed by atoms with E-state index in [1.807, 2.05) is 0 Å². The van der Waals surface area contributed by atoms with Gasteiger partial charge in [0.25, 0.3) is 10.1 Å². The molecule has 0 amide bonds. The maximum atomic E-state index is 10.6. The van der Waals surface area contributed by atoms with E-state index in [2.05, 4.69) is 0 Å². The van der Waals surface area contributed by atoms with Crippen molar-refractivity contribution >= 4 is 21.7 Å². The maximum Gasteiger partial charge on any atom is 0.296 e. The predicted octanol–water partition coefficient (Wildman–Crippen LogP) is 1.29. The standard InChI is InChI=1S/C6H5ClO4S/c7-5-3-4(8)1-2-6(5)12(9,10)11/h1-3,8H,(H,9,10,11). The minimum atomic E-state index is -4.29. The normalized spacial score (nSPS) is 11.5. The second kappa shape index (κ2) is 2.93. The molecule has 12 heavy (non-hydrogen) atoms. The molecule has 0 aliphatic carbocycles. The summed E-state index contributed by atoms with van der Waals surface area (Å²) >= 11 is 5.41. The fraction of sp³-hybridized carbons (Fsp3) is 0. The maximum absolute atomic E-state index is 10.6. The summed E-state index contributed by atoms with van der Waals surface area (Å²) in [6.07, 6.45) is 0. The lowest BCUT2D eigenvalue weighted by atomic mass is 10.3. The van der Waals surface area contributed by atoms with Gasteiger partial charge in [-0.3, -0.25) is 4.55 Å². The van der Waals surface area contributed by atoms with E-state index < -0.39 is 15.0 Å². The van der Waals surface area contributed by atoms with Crippen LogP contribution in [0.25, 0.3) is 0 Å². The van der Waals surface area contributed by atoms with Crippen molar-refractivity contribution in [1.29, 1.82) is 0 Å². The summed E-state index contributed by atoms with van der Waals surface area (Å²) in [5.41, 5.74) is 0. The first-order chi connectivity index (χ1) is 5.41. The van der Waals surface area contributed by atoms with Crippen molar-refractivity contribution in [2.24, 2.45) is 0 Å². The van der Waals surface area contributed by atoms with E-state index in [0.29, 0.717) is 0 Å². The highest BCUT2D eigenvalue weighted by Gasteiger charge is 2.13. The molecule has 66 valence electrons. The second-order valence-corrected chi connectivity index (χ2v) is 3.89. The summed E-state index contributed by atoms with van der Waals surface area (Å²) in [7, 11) is -4.29. The van der Waals surface area contributed by atoms with Gasteiger partial charge in [-0.05, 0) is 18.2 Å². The minimum absolute atomic E-state index is 0.160. The molecule has 1 rings (SSSR count). The summed E-state index contributed by atoms with van der Waals surface area (Å²) in [5, 5.41) is 8.63. The topological polar surface area (TPSA) is 74.6 Å². The molecule has 1 aromatic carbocycles. The first-order valence-corrected chi connectivity index (χ1v) is 4.69. The van der Waals surface area contributed by atoms with Gasteiger partial charge in [0.15, 0.2) is 0 Å². The summed E-state index contributed by atoms with van der Waals surface area (Å²) in [5.74, 6) is -0.160. The van der Waals surface area contributed by atoms with Crippen molar-refractivity contribution < 1.29 is 18.1 Å². The average molecular weight is 209 g/mol. The second-order valence-electron chi connectivity index (χ2n) is 2.09. The van der Waals surface area contributed by atoms with Crippen molar-refractivity contribution in [2.75, 3.05) is 0 Å². The van der Waals surface area contributed by atoms with Crippen LogP contribution in [0.2, 0.25) is 5.02 Å². The lowest BCUT2D eigenvalue weighted by molar-refractivity contribution is 0.473. The molecule has 1 aromatic rings. The third kappa shape index (κ3) is 1.88. The van der Waals surface area contributed by atoms with Crippen molar-refractivity contribution in [3.63, 3.8) is 0 Å². The lowest BCUT2D eigenvalue weighted by Gasteiger charge is -1.99. The van der Waals surface area contributed by atoms with E-state index in [-0.39, 0.29) is 10.8 Å². The highest BCUT2D eigenvalue weighted by atomic mass is 35.5. The van der Waals surface area contributed by atoms with Crippen LogP contribution in [-0.2, 0) is 10.1 Å². The van der Waals surface area contributed by atoms with E-state index in [1.54, 1.807) is 0 Å². The molecule has 0 fully saturated rings. The van der Waals surface area contributed by atoms with Crippen LogP contribution in [-0.4, -0.2) is 18.1 Å². The Morgan fingerprint density at radius 2 is 1.92 bits per heavy atom. The van der Waals surface area contributed by atoms with Gasteiger partial charge in [0.2, 0.25) is 0 Å². The van der Waals surface area contributed by atoms with Gasteiger partial charge < -0.3 is 5.11 Å². The zero-order chi connectivity index (χ0) is 9.35. The Labute approximate surface area is 74.2 Å². The molecule has 0 aliphatic heterocycles. The Morgan fingerprint density at radius 3 is 2.33 bits per heavy atom. The summed E-state index contributed by atoms with van der Waals surface area (Å²) in [4.78, 5) is -0.415. The Bertz CT molecular complexity index is 398. The van der Waals surface area contributed by atoms with Crippen molar-refractivity contribution in [3.05, 3.63) is 23.2 Å². The van der Waals surface area contributed by atoms with Crippen LogP contribution in [0.1, 0.15) is 0 Å². The van der Waals surface area contributed by atoms with Gasteiger partial charge in [-0.2, -0.15) is 8.42 Å². The molecule has 0 aliphatic rings. The van der Waals surface area contributed by atoms with E-state index in [0.717, 1.165) is 18.2 Å². The van der Waals surface area contributed by atoms with Crippen LogP contribution < -0.4 is 0 Å². The fourth-order valence-corrected chi connectivity index (χ4v) is 1.71. The van der Waals surface area contributed by atoms with Crippen LogP contribution >= 0.6 is 11.6 Å². The van der Waals surface area contributed by atoms with Crippen LogP contribution in [0.3, 0.4) is 0 Å². The van der Waals surface area contributed by atoms with Crippen LogP contribution in [0.5, 0.6) is 5.75 Å². The fourth-order valence-electron chi connectivity index (χ4n) is 0.699. The Hall–Kier alpha value is -0.780. The van der Waals surface area contributed by atoms with Gasteiger partial charge in [-0.1, -0.05) is 11.6 Å². The Kier molecular flexibility index (Phi) is 2.27. The molecule has 0 aromatic heterocycles. The average Bonchev–Trinajstić information content (AvgIpc) is 1.83. The van der Waals surface area contributed by atoms with Gasteiger partial charge in [0, 0.05) is 0 Å². The van der Waals surface area contributed by atoms with Crippen molar-refractivity contribution in [2.45, 2.75) is 4.90 Å². The summed E-state index contributed by atoms with van der Waals surface area (Å²) in [6, 6.07) is 3.17. The van der Waals surface area contributed by atoms with Crippen molar-refractivity contribution in [1.82, 2.24) is 0 Å². The van der Waals surface area contributed by atoms with Gasteiger partial charge in [0.1, 0.15) is 10.6 Å². The van der Waals surface area contributed by atoms with Crippen LogP contribution in [0.15, 0.2) is 23.1 Å². The highest BCUT2D eigenvalue weighted by molar-refractivity contribution is 7.86. The molecular formula is C6H5ClO4S. The number of hydrogen-bond donors (Lipinski definition) is 2. The number of phenolic OH excluding ortho intramolecular Hbond substituents is 1. The number of benzene rings is 1. The molecular weight excluding hydrogens is 204 g/mol. The van der Waals surface area contributed by atoms with Crippen LogP contribution in [0.4, 0.5) is 0 Å². The van der Waals surface area contributed by atoms with E-state index >= 15 is 0 Å². The molecule has 0 unspecified atom stereocenters. The van der Waals surface area contributed by atoms with Gasteiger partial charge in [0.05, 0.1) is 5.02 Å². The van der Waals surface area contributed by atoms with Crippen molar-refractivity contribution in [3.8, 4) is 5.75 Å². The van der Waals surface area contributed by atoms with Gasteiger partial charge in [-0.15, -0.1) is 0 Å². The molecule has 0 saturated heterocycles. The number of rotatable bonds is 1. The first-order valence-electron chi connectivity index (χ1n) is 2.87. The van der Waals surface area contributed by atoms with E-state index in [4.69, 9.17) is 21.3 Å². The largest absolute Gasteiger partial charge is 0.508 e. The number of aromatic hydroxyl groups is 1. The molecule has 0 saturated carbocycles. The molecule has 0 heterocycles. The minimum Gasteiger partial charge on any atom is -0.508 e. The predicted molar refractivity (Wildman–Crippen MR) is 42.9 cm³/mol. The Balaban J connectivity index is 3.39. The molecule has 6 heteroatoms. The monoisotopic (exact) mass is 208 g/mol. The number of hydrogen-bond acceptors (Lipinski definition) is 3. The molecule has 0 atom stereocenters. The zero-order valence-electron chi connectivity index (χ0n) is 5.73. The number of phenols is 1. The van der Waals surface area contributed by atoms with Gasteiger partial charge in [-0.25, -0.2) is 0 Å². The molecule has 0 spiro atoms. The van der Waals surface area contributed by atoms with Gasteiger partial charge >= 0.3 is 0 Å². The number of halogens is 1. The molecule has 2 N–H and O–H groups in total. The SMILES string of the molecule is O=S(=O)(O)c1ccc(O)cc1Cl. The smallest absolute Gasteiger partial charge is 0.296 e. The zero-order valence-corrected chi connectivity index (χ0v) is 7.30. The molecule has 0 bridgehead atoms. The third-order valence-corrected chi connectivity index (χ3v) is 2.53. The Morgan fingerprint density at radius 1 is 1.33 bits per heavy atom. The molecule has 4 nitrogen and oxygen atoms in total. The van der Waals surface area contributed by atoms with E-state index in [1.165, 1.54) is 0 Å². The third-order valence-electron chi connectivity index (χ3n) is 1.19. The summed E-state index contributed by atoms with van der Waals surface area (Å²) in [6.45, 7) is 0.